The quantitative estimate of drug-likeness (QED) is 0.517. The number of hydrogen-bond acceptors (Lipinski definition) is 4. The van der Waals surface area contributed by atoms with Gasteiger partial charge in [-0.25, -0.2) is 0 Å². The first kappa shape index (κ1) is 15.1. The summed E-state index contributed by atoms with van der Waals surface area (Å²) in [6, 6.07) is 2.24. The van der Waals surface area contributed by atoms with E-state index in [1.807, 2.05) is 10.9 Å². The van der Waals surface area contributed by atoms with E-state index >= 15 is 0 Å². The van der Waals surface area contributed by atoms with E-state index in [1.165, 1.54) is 5.69 Å². The van der Waals surface area contributed by atoms with Gasteiger partial charge < -0.3 is 4.90 Å². The maximum absolute atomic E-state index is 5.69. The first-order chi connectivity index (χ1) is 8.76. The van der Waals surface area contributed by atoms with Crippen LogP contribution in [0, 0.1) is 0 Å². The van der Waals surface area contributed by atoms with Gasteiger partial charge in [-0.2, -0.15) is 5.10 Å². The topological polar surface area (TPSA) is 59.1 Å². The van der Waals surface area contributed by atoms with E-state index in [0.717, 1.165) is 39.0 Å². The van der Waals surface area contributed by atoms with Crippen molar-refractivity contribution >= 4 is 0 Å². The second-order valence-electron chi connectivity index (χ2n) is 4.51. The van der Waals surface area contributed by atoms with Crippen LogP contribution in [0.5, 0.6) is 0 Å². The van der Waals surface area contributed by atoms with Gasteiger partial charge in [0, 0.05) is 19.3 Å². The summed E-state index contributed by atoms with van der Waals surface area (Å²) < 4.78 is 2.05. The summed E-state index contributed by atoms with van der Waals surface area (Å²) in [6.45, 7) is 10.7. The highest BCUT2D eigenvalue weighted by atomic mass is 15.3. The second-order valence-corrected chi connectivity index (χ2v) is 4.51. The van der Waals surface area contributed by atoms with Crippen molar-refractivity contribution in [2.24, 2.45) is 5.84 Å². The molecule has 0 saturated carbocycles. The summed E-state index contributed by atoms with van der Waals surface area (Å²) in [5, 5.41) is 4.35. The zero-order valence-electron chi connectivity index (χ0n) is 11.9. The van der Waals surface area contributed by atoms with E-state index in [2.05, 4.69) is 42.3 Å². The lowest BCUT2D eigenvalue weighted by Crippen LogP contribution is -2.34. The molecule has 104 valence electrons. The Morgan fingerprint density at radius 2 is 2.11 bits per heavy atom. The van der Waals surface area contributed by atoms with Gasteiger partial charge in [0.25, 0.3) is 0 Å². The largest absolute Gasteiger partial charge is 0.304 e. The van der Waals surface area contributed by atoms with Crippen molar-refractivity contribution in [3.05, 3.63) is 18.0 Å². The van der Waals surface area contributed by atoms with E-state index < -0.39 is 0 Å². The molecule has 0 saturated heterocycles. The Labute approximate surface area is 110 Å². The molecule has 3 N–H and O–H groups in total. The van der Waals surface area contributed by atoms with Crippen LogP contribution in [-0.4, -0.2) is 34.3 Å². The van der Waals surface area contributed by atoms with Crippen molar-refractivity contribution in [3.63, 3.8) is 0 Å². The molecule has 0 aliphatic rings. The molecule has 0 bridgehead atoms. The zero-order chi connectivity index (χ0) is 13.4. The second kappa shape index (κ2) is 8.24. The molecular weight excluding hydrogens is 226 g/mol. The molecular formula is C13H27N5. The average molecular weight is 253 g/mol. The van der Waals surface area contributed by atoms with Crippen LogP contribution >= 0.6 is 0 Å². The lowest BCUT2D eigenvalue weighted by atomic mass is 10.1. The highest BCUT2D eigenvalue weighted by molar-refractivity contribution is 5.06. The van der Waals surface area contributed by atoms with Crippen LogP contribution in [0.2, 0.25) is 0 Å². The third-order valence-corrected chi connectivity index (χ3v) is 3.37. The van der Waals surface area contributed by atoms with Crippen molar-refractivity contribution in [1.29, 1.82) is 0 Å². The van der Waals surface area contributed by atoms with Crippen LogP contribution in [0.3, 0.4) is 0 Å². The highest BCUT2D eigenvalue weighted by Gasteiger charge is 2.15. The van der Waals surface area contributed by atoms with Gasteiger partial charge in [0.05, 0.1) is 11.7 Å². The van der Waals surface area contributed by atoms with Crippen molar-refractivity contribution in [2.45, 2.75) is 46.2 Å². The van der Waals surface area contributed by atoms with Crippen LogP contribution in [0.15, 0.2) is 12.3 Å². The van der Waals surface area contributed by atoms with Crippen molar-refractivity contribution in [3.8, 4) is 0 Å². The predicted octanol–water partition coefficient (Wildman–Crippen LogP) is 1.53. The molecule has 5 heteroatoms. The van der Waals surface area contributed by atoms with Gasteiger partial charge in [-0.1, -0.05) is 20.8 Å². The van der Waals surface area contributed by atoms with E-state index in [-0.39, 0.29) is 6.04 Å². The lowest BCUT2D eigenvalue weighted by molar-refractivity contribution is 0.278. The minimum absolute atomic E-state index is 0.180. The third-order valence-electron chi connectivity index (χ3n) is 3.37. The Kier molecular flexibility index (Phi) is 6.93. The fourth-order valence-electron chi connectivity index (χ4n) is 2.21. The smallest absolute Gasteiger partial charge is 0.0641 e. The highest BCUT2D eigenvalue weighted by Crippen LogP contribution is 2.16. The Balaban J connectivity index is 2.61. The van der Waals surface area contributed by atoms with Gasteiger partial charge in [-0.15, -0.1) is 0 Å². The minimum Gasteiger partial charge on any atom is -0.304 e. The molecule has 0 amide bonds. The number of rotatable bonds is 9. The Bertz CT molecular complexity index is 319. The van der Waals surface area contributed by atoms with Crippen molar-refractivity contribution in [1.82, 2.24) is 20.1 Å². The van der Waals surface area contributed by atoms with E-state index in [9.17, 15) is 0 Å². The van der Waals surface area contributed by atoms with E-state index in [1.54, 1.807) is 0 Å². The summed E-state index contributed by atoms with van der Waals surface area (Å²) >= 11 is 0. The SMILES string of the molecule is CCCn1nccc1C(CCN(CC)CC)NN. The zero-order valence-corrected chi connectivity index (χ0v) is 11.9. The van der Waals surface area contributed by atoms with Crippen molar-refractivity contribution in [2.75, 3.05) is 19.6 Å². The van der Waals surface area contributed by atoms with E-state index in [4.69, 9.17) is 5.84 Å². The molecule has 1 aromatic heterocycles. The molecule has 1 atom stereocenters. The van der Waals surface area contributed by atoms with Gasteiger partial charge in [0.1, 0.15) is 0 Å². The molecule has 1 rings (SSSR count). The molecule has 0 aromatic carbocycles. The molecule has 1 aromatic rings. The minimum atomic E-state index is 0.180. The predicted molar refractivity (Wildman–Crippen MR) is 75.0 cm³/mol. The van der Waals surface area contributed by atoms with E-state index in [0.29, 0.717) is 0 Å². The molecule has 0 fully saturated rings. The summed E-state index contributed by atoms with van der Waals surface area (Å²) in [7, 11) is 0. The number of aryl methyl sites for hydroxylation is 1. The Morgan fingerprint density at radius 3 is 2.67 bits per heavy atom. The number of hydrogen-bond donors (Lipinski definition) is 2. The van der Waals surface area contributed by atoms with Gasteiger partial charge in [-0.3, -0.25) is 16.0 Å². The van der Waals surface area contributed by atoms with Crippen LogP contribution in [0.1, 0.15) is 45.3 Å². The monoisotopic (exact) mass is 253 g/mol. The number of nitrogens with zero attached hydrogens (tertiary/aromatic N) is 3. The third kappa shape index (κ3) is 4.08. The first-order valence-electron chi connectivity index (χ1n) is 6.96. The summed E-state index contributed by atoms with van der Waals surface area (Å²) in [4.78, 5) is 2.41. The molecule has 0 radical (unpaired) electrons. The first-order valence-corrected chi connectivity index (χ1v) is 6.96. The standard InChI is InChI=1S/C13H27N5/c1-4-10-18-13(7-9-15-18)12(16-14)8-11-17(5-2)6-3/h7,9,12,16H,4-6,8,10-11,14H2,1-3H3. The van der Waals surface area contributed by atoms with Crippen LogP contribution < -0.4 is 11.3 Å². The average Bonchev–Trinajstić information content (AvgIpc) is 2.84. The molecule has 0 aliphatic heterocycles. The summed E-state index contributed by atoms with van der Waals surface area (Å²) in [5.74, 6) is 5.69. The molecule has 18 heavy (non-hydrogen) atoms. The maximum Gasteiger partial charge on any atom is 0.0641 e. The lowest BCUT2D eigenvalue weighted by Gasteiger charge is -2.23. The van der Waals surface area contributed by atoms with Gasteiger partial charge >= 0.3 is 0 Å². The van der Waals surface area contributed by atoms with Gasteiger partial charge in [-0.05, 0) is 32.0 Å². The van der Waals surface area contributed by atoms with Crippen LogP contribution in [-0.2, 0) is 6.54 Å². The fraction of sp³-hybridized carbons (Fsp3) is 0.769. The molecule has 5 nitrogen and oxygen atoms in total. The maximum atomic E-state index is 5.69. The summed E-state index contributed by atoms with van der Waals surface area (Å²) in [5.41, 5.74) is 4.11. The fourth-order valence-corrected chi connectivity index (χ4v) is 2.21. The number of nitrogens with two attached hydrogens (primary N) is 1. The van der Waals surface area contributed by atoms with Crippen LogP contribution in [0.4, 0.5) is 0 Å². The van der Waals surface area contributed by atoms with Gasteiger partial charge in [0.15, 0.2) is 0 Å². The molecule has 1 unspecified atom stereocenters. The summed E-state index contributed by atoms with van der Waals surface area (Å²) in [6.07, 6.45) is 3.95. The molecule has 0 aliphatic carbocycles. The van der Waals surface area contributed by atoms with Gasteiger partial charge in [0.2, 0.25) is 0 Å². The number of nitrogens with one attached hydrogen (secondary N) is 1. The van der Waals surface area contributed by atoms with Crippen molar-refractivity contribution < 1.29 is 0 Å². The Morgan fingerprint density at radius 1 is 1.39 bits per heavy atom. The Hall–Kier alpha value is -0.910. The molecule has 1 heterocycles. The normalized spacial score (nSPS) is 13.2. The molecule has 0 spiro atoms. The number of hydrazine groups is 1. The van der Waals surface area contributed by atoms with Crippen LogP contribution in [0.25, 0.3) is 0 Å². The number of aromatic nitrogens is 2.